The van der Waals surface area contributed by atoms with Crippen LogP contribution in [-0.4, -0.2) is 55.7 Å². The number of nitrogens with one attached hydrogen (secondary N) is 1. The van der Waals surface area contributed by atoms with Gasteiger partial charge in [-0.2, -0.15) is 5.10 Å². The Balaban J connectivity index is 1.33. The van der Waals surface area contributed by atoms with Gasteiger partial charge in [-0.3, -0.25) is 9.99 Å². The molecule has 0 saturated carbocycles. The second kappa shape index (κ2) is 10.4. The number of nitrogens with zero attached hydrogens (tertiary/aromatic N) is 3. The molecule has 0 bridgehead atoms. The summed E-state index contributed by atoms with van der Waals surface area (Å²) in [5.41, 5.74) is 3.06. The van der Waals surface area contributed by atoms with Crippen molar-refractivity contribution in [3.63, 3.8) is 0 Å². The van der Waals surface area contributed by atoms with E-state index in [1.165, 1.54) is 5.56 Å². The number of hydrogen-bond donors (Lipinski definition) is 1. The summed E-state index contributed by atoms with van der Waals surface area (Å²) in [7, 11) is 0. The molecule has 1 saturated heterocycles. The third-order valence-corrected chi connectivity index (χ3v) is 5.49. The third-order valence-electron chi connectivity index (χ3n) is 5.49. The van der Waals surface area contributed by atoms with E-state index in [9.17, 15) is 0 Å². The smallest absolute Gasteiger partial charge is 0.151 e. The number of hydrogen-bond acceptors (Lipinski definition) is 7. The summed E-state index contributed by atoms with van der Waals surface area (Å²) in [6.07, 6.45) is 6.40. The van der Waals surface area contributed by atoms with Crippen LogP contribution in [0.25, 0.3) is 11.0 Å². The van der Waals surface area contributed by atoms with Gasteiger partial charge in [-0.25, -0.2) is 0 Å². The zero-order chi connectivity index (χ0) is 21.5. The highest BCUT2D eigenvalue weighted by atomic mass is 16.5. The Kier molecular flexibility index (Phi) is 7.17. The molecule has 164 valence electrons. The molecule has 3 heterocycles. The predicted molar refractivity (Wildman–Crippen MR) is 122 cm³/mol. The highest BCUT2D eigenvalue weighted by Gasteiger charge is 2.14. The number of ether oxygens (including phenoxy) is 2. The quantitative estimate of drug-likeness (QED) is 0.416. The molecule has 1 unspecified atom stereocenters. The molecule has 0 aliphatic carbocycles. The van der Waals surface area contributed by atoms with Gasteiger partial charge in [0.25, 0.3) is 0 Å². The Labute approximate surface area is 183 Å². The Morgan fingerprint density at radius 1 is 1.26 bits per heavy atom. The van der Waals surface area contributed by atoms with Crippen LogP contribution in [0.5, 0.6) is 5.75 Å². The largest absolute Gasteiger partial charge is 0.493 e. The van der Waals surface area contributed by atoms with Crippen LogP contribution in [0, 0.1) is 6.92 Å². The van der Waals surface area contributed by atoms with Crippen LogP contribution in [0.15, 0.2) is 52.2 Å². The first-order valence-corrected chi connectivity index (χ1v) is 10.9. The maximum absolute atomic E-state index is 6.11. The summed E-state index contributed by atoms with van der Waals surface area (Å²) < 4.78 is 17.5. The molecule has 0 amide bonds. The third kappa shape index (κ3) is 5.42. The van der Waals surface area contributed by atoms with E-state index in [1.807, 2.05) is 35.5 Å². The van der Waals surface area contributed by atoms with Gasteiger partial charge in [0.05, 0.1) is 44.5 Å². The van der Waals surface area contributed by atoms with E-state index in [1.54, 1.807) is 12.4 Å². The average Bonchev–Trinajstić information content (AvgIpc) is 3.15. The summed E-state index contributed by atoms with van der Waals surface area (Å²) in [5.74, 6) is 1.62. The van der Waals surface area contributed by atoms with Crippen molar-refractivity contribution in [2.75, 3.05) is 39.5 Å². The van der Waals surface area contributed by atoms with Crippen molar-refractivity contribution in [2.24, 2.45) is 5.10 Å². The van der Waals surface area contributed by atoms with Gasteiger partial charge in [-0.05, 0) is 50.6 Å². The van der Waals surface area contributed by atoms with Crippen LogP contribution in [-0.2, 0) is 4.74 Å². The predicted octanol–water partition coefficient (Wildman–Crippen LogP) is 3.92. The Hall–Kier alpha value is -2.90. The van der Waals surface area contributed by atoms with E-state index in [4.69, 9.17) is 13.9 Å². The number of aromatic nitrogens is 1. The van der Waals surface area contributed by atoms with Crippen molar-refractivity contribution in [1.29, 1.82) is 0 Å². The van der Waals surface area contributed by atoms with Gasteiger partial charge in [0.1, 0.15) is 11.3 Å². The lowest BCUT2D eigenvalue weighted by atomic mass is 10.1. The molecule has 3 aromatic rings. The number of furan rings is 1. The summed E-state index contributed by atoms with van der Waals surface area (Å²) >= 11 is 0. The van der Waals surface area contributed by atoms with Crippen molar-refractivity contribution >= 4 is 17.2 Å². The van der Waals surface area contributed by atoms with Gasteiger partial charge < -0.3 is 19.2 Å². The standard InChI is InChI=1S/C24H30N4O3/c1-18-23(17-27-28-11-14-29-15-12-28)31-22-8-3-7-21(24(18)22)30-13-5-10-26-19(2)20-6-4-9-25-16-20/h3-4,6-9,16-17,19,26H,5,10-15H2,1-2H3/b27-17+. The topological polar surface area (TPSA) is 72.1 Å². The van der Waals surface area contributed by atoms with E-state index in [2.05, 4.69) is 35.3 Å². The summed E-state index contributed by atoms with van der Waals surface area (Å²) in [6, 6.07) is 10.2. The number of hydrazone groups is 1. The maximum Gasteiger partial charge on any atom is 0.151 e. The highest BCUT2D eigenvalue weighted by molar-refractivity contribution is 5.94. The Morgan fingerprint density at radius 3 is 2.94 bits per heavy atom. The van der Waals surface area contributed by atoms with E-state index >= 15 is 0 Å². The molecule has 1 atom stereocenters. The normalized spacial score (nSPS) is 15.6. The lowest BCUT2D eigenvalue weighted by molar-refractivity contribution is 0.0396. The molecule has 0 radical (unpaired) electrons. The van der Waals surface area contributed by atoms with Crippen LogP contribution < -0.4 is 10.1 Å². The molecule has 7 nitrogen and oxygen atoms in total. The van der Waals surface area contributed by atoms with Crippen LogP contribution in [0.3, 0.4) is 0 Å². The maximum atomic E-state index is 6.11. The van der Waals surface area contributed by atoms with E-state index < -0.39 is 0 Å². The van der Waals surface area contributed by atoms with Crippen molar-refractivity contribution < 1.29 is 13.9 Å². The molecule has 1 N–H and O–H groups in total. The average molecular weight is 423 g/mol. The van der Waals surface area contributed by atoms with Crippen LogP contribution >= 0.6 is 0 Å². The number of pyridine rings is 1. The van der Waals surface area contributed by atoms with Gasteiger partial charge in [0, 0.05) is 24.0 Å². The highest BCUT2D eigenvalue weighted by Crippen LogP contribution is 2.32. The second-order valence-corrected chi connectivity index (χ2v) is 7.70. The minimum atomic E-state index is 0.265. The van der Waals surface area contributed by atoms with Crippen molar-refractivity contribution in [2.45, 2.75) is 26.3 Å². The number of aryl methyl sites for hydroxylation is 1. The molecule has 2 aromatic heterocycles. The molecule has 0 spiro atoms. The molecule has 1 aliphatic heterocycles. The Bertz CT molecular complexity index is 997. The first-order valence-electron chi connectivity index (χ1n) is 10.9. The number of benzene rings is 1. The lowest BCUT2D eigenvalue weighted by Gasteiger charge is -2.23. The molecule has 31 heavy (non-hydrogen) atoms. The minimum absolute atomic E-state index is 0.265. The molecule has 1 aromatic carbocycles. The van der Waals surface area contributed by atoms with Gasteiger partial charge in [-0.15, -0.1) is 0 Å². The zero-order valence-corrected chi connectivity index (χ0v) is 18.2. The fourth-order valence-electron chi connectivity index (χ4n) is 3.65. The van der Waals surface area contributed by atoms with Crippen molar-refractivity contribution in [1.82, 2.24) is 15.3 Å². The first-order chi connectivity index (χ1) is 15.2. The lowest BCUT2D eigenvalue weighted by Crippen LogP contribution is -2.32. The molecule has 4 rings (SSSR count). The SMILES string of the molecule is Cc1c(/C=N/N2CCOCC2)oc2cccc(OCCCNC(C)c3cccnc3)c12. The second-order valence-electron chi connectivity index (χ2n) is 7.70. The van der Waals surface area contributed by atoms with Crippen molar-refractivity contribution in [3.8, 4) is 5.75 Å². The molecular weight excluding hydrogens is 392 g/mol. The van der Waals surface area contributed by atoms with Gasteiger partial charge in [-0.1, -0.05) is 12.1 Å². The fourth-order valence-corrected chi connectivity index (χ4v) is 3.65. The number of rotatable bonds is 9. The van der Waals surface area contributed by atoms with Crippen LogP contribution in [0.2, 0.25) is 0 Å². The van der Waals surface area contributed by atoms with Crippen LogP contribution in [0.4, 0.5) is 0 Å². The molecule has 1 fully saturated rings. The zero-order valence-electron chi connectivity index (χ0n) is 18.2. The molecule has 7 heteroatoms. The summed E-state index contributed by atoms with van der Waals surface area (Å²) in [5, 5.41) is 11.1. The monoisotopic (exact) mass is 422 g/mol. The minimum Gasteiger partial charge on any atom is -0.493 e. The van der Waals surface area contributed by atoms with Crippen molar-refractivity contribution in [3.05, 3.63) is 59.6 Å². The number of morpholine rings is 1. The molecule has 1 aliphatic rings. The van der Waals surface area contributed by atoms with Gasteiger partial charge >= 0.3 is 0 Å². The summed E-state index contributed by atoms with van der Waals surface area (Å²) in [6.45, 7) is 8.73. The first kappa shape index (κ1) is 21.3. The van der Waals surface area contributed by atoms with E-state index in [-0.39, 0.29) is 6.04 Å². The van der Waals surface area contributed by atoms with Crippen LogP contribution in [0.1, 0.15) is 36.3 Å². The van der Waals surface area contributed by atoms with E-state index in [0.29, 0.717) is 19.8 Å². The fraction of sp³-hybridized carbons (Fsp3) is 0.417. The van der Waals surface area contributed by atoms with Gasteiger partial charge in [0.2, 0.25) is 0 Å². The summed E-state index contributed by atoms with van der Waals surface area (Å²) in [4.78, 5) is 4.18. The van der Waals surface area contributed by atoms with Gasteiger partial charge in [0.15, 0.2) is 5.76 Å². The Morgan fingerprint density at radius 2 is 2.13 bits per heavy atom. The molecular formula is C24H30N4O3. The number of fused-ring (bicyclic) bond motifs is 1. The van der Waals surface area contributed by atoms with E-state index in [0.717, 1.165) is 54.1 Å².